The number of carbonyl (C=O) groups excluding carboxylic acids is 2. The lowest BCUT2D eigenvalue weighted by atomic mass is 9.90. The smallest absolute Gasteiger partial charge is 0.490 e. The van der Waals surface area contributed by atoms with Gasteiger partial charge in [0.25, 0.3) is 5.91 Å². The van der Waals surface area contributed by atoms with Crippen LogP contribution in [0.25, 0.3) is 16.9 Å². The van der Waals surface area contributed by atoms with Crippen LogP contribution in [0, 0.1) is 11.6 Å². The summed E-state index contributed by atoms with van der Waals surface area (Å²) in [5.41, 5.74) is 19.6. The number of alkyl halides is 6. The SMILES string of the molecule is CCc1cc(Nc2nccn3c(-c4ccc(OC)c(F)c4F)cnc23)ccc1C(=O)NC1CCC(NC(=O)[C@@H](N)CCCN=C(N)N)CC1.O=C(O)C(F)(F)F.O=C(O)C(F)(F)F. The number of fused-ring (bicyclic) bond motifs is 1. The predicted octanol–water partition coefficient (Wildman–Crippen LogP) is 4.79. The summed E-state index contributed by atoms with van der Waals surface area (Å²) >= 11 is 0. The Morgan fingerprint density at radius 2 is 1.51 bits per heavy atom. The van der Waals surface area contributed by atoms with E-state index in [9.17, 15) is 44.7 Å². The fraction of sp³-hybridized carbons (Fsp3) is 0.395. The molecule has 11 N–H and O–H groups in total. The van der Waals surface area contributed by atoms with E-state index in [4.69, 9.17) is 41.7 Å². The number of halogens is 8. The number of imidazole rings is 1. The molecular weight excluding hydrogens is 860 g/mol. The number of carbonyl (C=O) groups is 4. The Kier molecular flexibility index (Phi) is 17.9. The van der Waals surface area contributed by atoms with E-state index in [1.54, 1.807) is 22.7 Å². The van der Waals surface area contributed by atoms with E-state index < -0.39 is 42.0 Å². The van der Waals surface area contributed by atoms with Gasteiger partial charge in [0.05, 0.1) is 25.0 Å². The zero-order chi connectivity index (χ0) is 47.2. The van der Waals surface area contributed by atoms with Crippen LogP contribution in [0.4, 0.5) is 46.6 Å². The summed E-state index contributed by atoms with van der Waals surface area (Å²) in [6.45, 7) is 2.39. The molecule has 0 aliphatic heterocycles. The summed E-state index contributed by atoms with van der Waals surface area (Å²) in [6, 6.07) is 7.59. The van der Waals surface area contributed by atoms with Crippen molar-refractivity contribution >= 4 is 46.9 Å². The number of ether oxygens (including phenoxy) is 1. The van der Waals surface area contributed by atoms with Crippen molar-refractivity contribution in [3.8, 4) is 17.0 Å². The van der Waals surface area contributed by atoms with Gasteiger partial charge >= 0.3 is 24.3 Å². The molecule has 2 aromatic carbocycles. The van der Waals surface area contributed by atoms with E-state index in [0.717, 1.165) is 31.2 Å². The Bertz CT molecular complexity index is 2240. The van der Waals surface area contributed by atoms with Crippen LogP contribution >= 0.6 is 0 Å². The van der Waals surface area contributed by atoms with E-state index in [1.165, 1.54) is 31.6 Å². The fourth-order valence-corrected chi connectivity index (χ4v) is 6.02. The minimum absolute atomic E-state index is 0.00147. The van der Waals surface area contributed by atoms with Crippen LogP contribution in [0.1, 0.15) is 61.4 Å². The summed E-state index contributed by atoms with van der Waals surface area (Å²) in [5, 5.41) is 23.7. The number of nitrogens with one attached hydrogen (secondary N) is 3. The number of guanidine groups is 1. The second-order valence-corrected chi connectivity index (χ2v) is 13.6. The van der Waals surface area contributed by atoms with Gasteiger partial charge in [-0.2, -0.15) is 30.7 Å². The standard InChI is InChI=1S/C34H42F2N10O3.2C2HF3O2/c1-3-19-17-22(43-30-31-42-18-26(46(31)16-15-40-30)24-12-13-27(49-2)29(36)28(24)35)10-11-23(19)32(47)44-20-6-8-21(9-7-20)45-33(48)25(37)5-4-14-41-34(38)39;2*3-2(4,5)1(6)7/h10-13,15-18,20-21,25H,3-9,14,37H2,1-2H3,(H,40,43)(H,44,47)(H,45,48)(H4,38,39,41);2*(H,6,7)/t20?,21?,25-;;/m0../s1. The molecule has 5 rings (SSSR count). The number of aromatic nitrogens is 3. The Balaban J connectivity index is 0.000000650. The number of aliphatic carboxylic acids is 2. The minimum atomic E-state index is -5.08. The number of aliphatic imine (C=N–C) groups is 1. The average molecular weight is 905 g/mol. The summed E-state index contributed by atoms with van der Waals surface area (Å²) in [5.74, 6) is -7.76. The molecule has 1 aliphatic rings. The highest BCUT2D eigenvalue weighted by Crippen LogP contribution is 2.32. The topological polar surface area (TPSA) is 275 Å². The van der Waals surface area contributed by atoms with Crippen LogP contribution in [0.5, 0.6) is 5.75 Å². The molecule has 344 valence electrons. The van der Waals surface area contributed by atoms with E-state index in [1.807, 2.05) is 13.0 Å². The number of carboxylic acid groups (broad SMARTS) is 2. The molecule has 25 heteroatoms. The first-order valence-corrected chi connectivity index (χ1v) is 18.7. The number of aryl methyl sites for hydroxylation is 1. The number of carboxylic acids is 2. The number of amides is 2. The van der Waals surface area contributed by atoms with E-state index in [2.05, 4.69) is 30.9 Å². The molecule has 0 unspecified atom stereocenters. The summed E-state index contributed by atoms with van der Waals surface area (Å²) in [6.07, 6.45) is -0.950. The largest absolute Gasteiger partial charge is 0.494 e. The van der Waals surface area contributed by atoms with Crippen LogP contribution in [0.15, 0.2) is 53.9 Å². The molecule has 1 saturated carbocycles. The normalized spacial score (nSPS) is 15.3. The van der Waals surface area contributed by atoms with Crippen molar-refractivity contribution < 1.29 is 69.3 Å². The predicted molar refractivity (Wildman–Crippen MR) is 211 cm³/mol. The van der Waals surface area contributed by atoms with Gasteiger partial charge in [-0.3, -0.25) is 19.0 Å². The monoisotopic (exact) mass is 904 g/mol. The third-order valence-electron chi connectivity index (χ3n) is 9.16. The second kappa shape index (κ2) is 22.3. The first-order chi connectivity index (χ1) is 29.5. The van der Waals surface area contributed by atoms with Crippen LogP contribution in [0.2, 0.25) is 0 Å². The Hall–Kier alpha value is -6.79. The van der Waals surface area contributed by atoms with Gasteiger partial charge in [-0.15, -0.1) is 0 Å². The van der Waals surface area contributed by atoms with Crippen molar-refractivity contribution in [3.63, 3.8) is 0 Å². The molecule has 1 fully saturated rings. The Morgan fingerprint density at radius 3 is 2.05 bits per heavy atom. The van der Waals surface area contributed by atoms with Crippen molar-refractivity contribution in [3.05, 3.63) is 71.7 Å². The molecular formula is C38H44F8N10O7. The molecule has 1 atom stereocenters. The molecule has 2 aromatic heterocycles. The van der Waals surface area contributed by atoms with Gasteiger partial charge in [-0.1, -0.05) is 6.92 Å². The van der Waals surface area contributed by atoms with Crippen LogP contribution in [0.3, 0.4) is 0 Å². The van der Waals surface area contributed by atoms with Gasteiger partial charge in [-0.25, -0.2) is 23.9 Å². The van der Waals surface area contributed by atoms with Crippen LogP contribution < -0.4 is 37.9 Å². The quantitative estimate of drug-likeness (QED) is 0.0388. The maximum Gasteiger partial charge on any atom is 0.490 e. The first kappa shape index (κ1) is 50.6. The minimum Gasteiger partial charge on any atom is -0.494 e. The van der Waals surface area contributed by atoms with E-state index in [-0.39, 0.29) is 41.2 Å². The Morgan fingerprint density at radius 1 is 0.921 bits per heavy atom. The lowest BCUT2D eigenvalue weighted by Gasteiger charge is -2.30. The molecule has 0 saturated heterocycles. The summed E-state index contributed by atoms with van der Waals surface area (Å²) in [7, 11) is 1.27. The van der Waals surface area contributed by atoms with Gasteiger partial charge in [-0.05, 0) is 80.8 Å². The number of hydrogen-bond acceptors (Lipinski definition) is 10. The highest BCUT2D eigenvalue weighted by Gasteiger charge is 2.39. The number of nitrogens with two attached hydrogens (primary N) is 3. The van der Waals surface area contributed by atoms with Crippen LogP contribution in [-0.2, 0) is 20.8 Å². The Labute approximate surface area is 353 Å². The van der Waals surface area contributed by atoms with Crippen molar-refractivity contribution in [1.29, 1.82) is 0 Å². The molecule has 4 aromatic rings. The van der Waals surface area contributed by atoms with E-state index >= 15 is 0 Å². The number of anilines is 2. The number of hydrogen-bond donors (Lipinski definition) is 8. The first-order valence-electron chi connectivity index (χ1n) is 18.7. The molecule has 17 nitrogen and oxygen atoms in total. The molecule has 0 radical (unpaired) electrons. The van der Waals surface area contributed by atoms with Crippen molar-refractivity contribution in [2.75, 3.05) is 19.0 Å². The molecule has 1 aliphatic carbocycles. The highest BCUT2D eigenvalue weighted by molar-refractivity contribution is 5.96. The van der Waals surface area contributed by atoms with Gasteiger partial charge in [0, 0.05) is 47.8 Å². The maximum absolute atomic E-state index is 14.9. The lowest BCUT2D eigenvalue weighted by Crippen LogP contribution is -2.48. The number of rotatable bonds is 13. The highest BCUT2D eigenvalue weighted by atomic mass is 19.4. The third-order valence-corrected chi connectivity index (χ3v) is 9.16. The van der Waals surface area contributed by atoms with Gasteiger partial charge < -0.3 is 48.1 Å². The zero-order valence-electron chi connectivity index (χ0n) is 33.5. The second-order valence-electron chi connectivity index (χ2n) is 13.6. The summed E-state index contributed by atoms with van der Waals surface area (Å²) < 4.78 is 99.3. The van der Waals surface area contributed by atoms with Crippen LogP contribution in [-0.4, -0.2) is 98.4 Å². The van der Waals surface area contributed by atoms with Gasteiger partial charge in [0.1, 0.15) is 0 Å². The zero-order valence-corrected chi connectivity index (χ0v) is 33.5. The number of nitrogens with zero attached hydrogens (tertiary/aromatic N) is 4. The van der Waals surface area contributed by atoms with Gasteiger partial charge in [0.15, 0.2) is 29.0 Å². The molecule has 2 heterocycles. The number of benzene rings is 2. The molecule has 0 bridgehead atoms. The lowest BCUT2D eigenvalue weighted by molar-refractivity contribution is -0.193. The average Bonchev–Trinajstić information content (AvgIpc) is 3.65. The maximum atomic E-state index is 14.9. The van der Waals surface area contributed by atoms with Crippen molar-refractivity contribution in [1.82, 2.24) is 25.0 Å². The van der Waals surface area contributed by atoms with E-state index in [0.29, 0.717) is 54.2 Å². The summed E-state index contributed by atoms with van der Waals surface area (Å²) in [4.78, 5) is 56.4. The molecule has 63 heavy (non-hydrogen) atoms. The van der Waals surface area contributed by atoms with Crippen molar-refractivity contribution in [2.45, 2.75) is 82.3 Å². The molecule has 2 amide bonds. The van der Waals surface area contributed by atoms with Gasteiger partial charge in [0.2, 0.25) is 11.7 Å². The fourth-order valence-electron chi connectivity index (χ4n) is 6.02. The number of methoxy groups -OCH3 is 1. The van der Waals surface area contributed by atoms with Crippen molar-refractivity contribution in [2.24, 2.45) is 22.2 Å². The third kappa shape index (κ3) is 14.7. The molecule has 0 spiro atoms.